The molecular weight excluding hydrogens is 273 g/mol. The fourth-order valence-electron chi connectivity index (χ4n) is 1.26. The molecule has 16 heavy (non-hydrogen) atoms. The van der Waals surface area contributed by atoms with Crippen molar-refractivity contribution < 1.29 is 4.39 Å². The molecule has 2 rings (SSSR count). The van der Waals surface area contributed by atoms with Crippen LogP contribution >= 0.6 is 15.9 Å². The largest absolute Gasteiger partial charge is 0.382 e. The summed E-state index contributed by atoms with van der Waals surface area (Å²) in [5.41, 5.74) is 6.59. The molecule has 0 aliphatic heterocycles. The highest BCUT2D eigenvalue weighted by Crippen LogP contribution is 2.25. The molecule has 0 aliphatic carbocycles. The van der Waals surface area contributed by atoms with E-state index in [0.717, 1.165) is 0 Å². The van der Waals surface area contributed by atoms with Crippen molar-refractivity contribution in [2.45, 2.75) is 0 Å². The SMILES string of the molecule is Nc1ncccc1Nc1ccc(Br)cc1F. The van der Waals surface area contributed by atoms with Crippen LogP contribution in [0.5, 0.6) is 0 Å². The van der Waals surface area contributed by atoms with E-state index in [4.69, 9.17) is 5.73 Å². The summed E-state index contributed by atoms with van der Waals surface area (Å²) >= 11 is 3.19. The molecule has 0 unspecified atom stereocenters. The van der Waals surface area contributed by atoms with E-state index in [1.807, 2.05) is 0 Å². The second kappa shape index (κ2) is 4.49. The number of nitrogens with one attached hydrogen (secondary N) is 1. The van der Waals surface area contributed by atoms with E-state index in [1.165, 1.54) is 6.07 Å². The van der Waals surface area contributed by atoms with Crippen LogP contribution in [0.2, 0.25) is 0 Å². The Hall–Kier alpha value is -1.62. The van der Waals surface area contributed by atoms with Gasteiger partial charge >= 0.3 is 0 Å². The number of hydrogen-bond donors (Lipinski definition) is 2. The number of nitrogens with two attached hydrogens (primary N) is 1. The fraction of sp³-hybridized carbons (Fsp3) is 0. The number of benzene rings is 1. The zero-order valence-electron chi connectivity index (χ0n) is 8.24. The van der Waals surface area contributed by atoms with Gasteiger partial charge in [0.1, 0.15) is 11.6 Å². The molecule has 3 nitrogen and oxygen atoms in total. The highest BCUT2D eigenvalue weighted by molar-refractivity contribution is 9.10. The van der Waals surface area contributed by atoms with E-state index in [9.17, 15) is 4.39 Å². The Kier molecular flexibility index (Phi) is 3.05. The van der Waals surface area contributed by atoms with Crippen LogP contribution in [0.3, 0.4) is 0 Å². The molecule has 82 valence electrons. The predicted molar refractivity (Wildman–Crippen MR) is 66.0 cm³/mol. The van der Waals surface area contributed by atoms with Crippen LogP contribution in [0.25, 0.3) is 0 Å². The van der Waals surface area contributed by atoms with Crippen LogP contribution in [0.1, 0.15) is 0 Å². The third-order valence-corrected chi connectivity index (χ3v) is 2.53. The standard InChI is InChI=1S/C11H9BrFN3/c12-7-3-4-9(8(13)6-7)16-10-2-1-5-15-11(10)14/h1-6,16H,(H2,14,15). The Morgan fingerprint density at radius 2 is 2.06 bits per heavy atom. The van der Waals surface area contributed by atoms with Crippen molar-refractivity contribution >= 4 is 33.1 Å². The summed E-state index contributed by atoms with van der Waals surface area (Å²) in [6.45, 7) is 0. The minimum Gasteiger partial charge on any atom is -0.382 e. The van der Waals surface area contributed by atoms with Gasteiger partial charge in [0.2, 0.25) is 0 Å². The van der Waals surface area contributed by atoms with E-state index in [2.05, 4.69) is 26.2 Å². The Labute approximate surface area is 101 Å². The Balaban J connectivity index is 2.31. The summed E-state index contributed by atoms with van der Waals surface area (Å²) in [7, 11) is 0. The van der Waals surface area contributed by atoms with Gasteiger partial charge in [-0.05, 0) is 30.3 Å². The highest BCUT2D eigenvalue weighted by Gasteiger charge is 2.05. The van der Waals surface area contributed by atoms with Gasteiger partial charge in [-0.3, -0.25) is 0 Å². The number of halogens is 2. The van der Waals surface area contributed by atoms with Gasteiger partial charge < -0.3 is 11.1 Å². The van der Waals surface area contributed by atoms with Crippen molar-refractivity contribution in [3.8, 4) is 0 Å². The Bertz CT molecular complexity index is 516. The number of anilines is 3. The zero-order chi connectivity index (χ0) is 11.5. The number of nitrogen functional groups attached to an aromatic ring is 1. The van der Waals surface area contributed by atoms with Crippen molar-refractivity contribution in [1.29, 1.82) is 0 Å². The Morgan fingerprint density at radius 3 is 2.75 bits per heavy atom. The molecule has 2 aromatic rings. The molecule has 0 atom stereocenters. The van der Waals surface area contributed by atoms with Crippen molar-refractivity contribution in [2.75, 3.05) is 11.1 Å². The molecule has 1 heterocycles. The molecule has 0 fully saturated rings. The third-order valence-electron chi connectivity index (χ3n) is 2.04. The summed E-state index contributed by atoms with van der Waals surface area (Å²) < 4.78 is 14.2. The maximum Gasteiger partial charge on any atom is 0.147 e. The number of aromatic nitrogens is 1. The van der Waals surface area contributed by atoms with E-state index in [0.29, 0.717) is 21.7 Å². The first kappa shape index (κ1) is 10.9. The van der Waals surface area contributed by atoms with E-state index in [1.54, 1.807) is 30.5 Å². The molecule has 1 aromatic heterocycles. The maximum absolute atomic E-state index is 13.5. The molecule has 0 aliphatic rings. The summed E-state index contributed by atoms with van der Waals surface area (Å²) in [6.07, 6.45) is 1.58. The second-order valence-electron chi connectivity index (χ2n) is 3.19. The first-order chi connectivity index (χ1) is 7.66. The molecule has 3 N–H and O–H groups in total. The van der Waals surface area contributed by atoms with Crippen molar-refractivity contribution in [2.24, 2.45) is 0 Å². The van der Waals surface area contributed by atoms with Gasteiger partial charge in [-0.15, -0.1) is 0 Å². The first-order valence-electron chi connectivity index (χ1n) is 4.59. The third kappa shape index (κ3) is 2.30. The average molecular weight is 282 g/mol. The van der Waals surface area contributed by atoms with Crippen molar-refractivity contribution in [3.05, 3.63) is 46.8 Å². The number of nitrogens with zero attached hydrogens (tertiary/aromatic N) is 1. The lowest BCUT2D eigenvalue weighted by molar-refractivity contribution is 0.631. The van der Waals surface area contributed by atoms with Crippen LogP contribution < -0.4 is 11.1 Å². The average Bonchev–Trinajstić information content (AvgIpc) is 2.25. The topological polar surface area (TPSA) is 50.9 Å². The van der Waals surface area contributed by atoms with Crippen LogP contribution in [0, 0.1) is 5.82 Å². The molecule has 5 heteroatoms. The van der Waals surface area contributed by atoms with E-state index >= 15 is 0 Å². The molecule has 0 spiro atoms. The minimum absolute atomic E-state index is 0.338. The predicted octanol–water partition coefficient (Wildman–Crippen LogP) is 3.31. The van der Waals surface area contributed by atoms with Crippen molar-refractivity contribution in [1.82, 2.24) is 4.98 Å². The van der Waals surface area contributed by atoms with Gasteiger partial charge in [0.05, 0.1) is 11.4 Å². The van der Waals surface area contributed by atoms with Crippen LogP contribution in [-0.4, -0.2) is 4.98 Å². The molecule has 0 amide bonds. The molecule has 0 radical (unpaired) electrons. The lowest BCUT2D eigenvalue weighted by atomic mass is 10.3. The summed E-state index contributed by atoms with van der Waals surface area (Å²) in [5.74, 6) is -0.0116. The molecule has 0 bridgehead atoms. The molecule has 1 aromatic carbocycles. The summed E-state index contributed by atoms with van der Waals surface area (Å²) in [5, 5.41) is 2.88. The van der Waals surface area contributed by atoms with Crippen molar-refractivity contribution in [3.63, 3.8) is 0 Å². The molecule has 0 saturated carbocycles. The Morgan fingerprint density at radius 1 is 1.25 bits per heavy atom. The van der Waals surface area contributed by atoms with Gasteiger partial charge in [-0.2, -0.15) is 0 Å². The van der Waals surface area contributed by atoms with Gasteiger partial charge in [-0.25, -0.2) is 9.37 Å². The quantitative estimate of drug-likeness (QED) is 0.888. The fourth-order valence-corrected chi connectivity index (χ4v) is 1.59. The highest BCUT2D eigenvalue weighted by atomic mass is 79.9. The molecular formula is C11H9BrFN3. The van der Waals surface area contributed by atoms with E-state index in [-0.39, 0.29) is 5.82 Å². The van der Waals surface area contributed by atoms with E-state index < -0.39 is 0 Å². The summed E-state index contributed by atoms with van der Waals surface area (Å²) in [6, 6.07) is 8.23. The lowest BCUT2D eigenvalue weighted by Gasteiger charge is -2.09. The van der Waals surface area contributed by atoms with Gasteiger partial charge in [0, 0.05) is 10.7 Å². The van der Waals surface area contributed by atoms with Crippen LogP contribution in [-0.2, 0) is 0 Å². The summed E-state index contributed by atoms with van der Waals surface area (Å²) in [4.78, 5) is 3.91. The number of rotatable bonds is 2. The van der Waals surface area contributed by atoms with Gasteiger partial charge in [0.15, 0.2) is 0 Å². The van der Waals surface area contributed by atoms with Gasteiger partial charge in [-0.1, -0.05) is 15.9 Å². The monoisotopic (exact) mass is 281 g/mol. The normalized spacial score (nSPS) is 10.1. The smallest absolute Gasteiger partial charge is 0.147 e. The van der Waals surface area contributed by atoms with Crippen LogP contribution in [0.15, 0.2) is 41.0 Å². The second-order valence-corrected chi connectivity index (χ2v) is 4.10. The number of pyridine rings is 1. The molecule has 0 saturated heterocycles. The zero-order valence-corrected chi connectivity index (χ0v) is 9.83. The van der Waals surface area contributed by atoms with Crippen LogP contribution in [0.4, 0.5) is 21.6 Å². The van der Waals surface area contributed by atoms with Gasteiger partial charge in [0.25, 0.3) is 0 Å². The maximum atomic E-state index is 13.5. The minimum atomic E-state index is -0.349. The number of hydrogen-bond acceptors (Lipinski definition) is 3. The lowest BCUT2D eigenvalue weighted by Crippen LogP contribution is -1.99. The first-order valence-corrected chi connectivity index (χ1v) is 5.38.